The van der Waals surface area contributed by atoms with Gasteiger partial charge < -0.3 is 15.4 Å². The van der Waals surface area contributed by atoms with Crippen molar-refractivity contribution in [3.63, 3.8) is 0 Å². The van der Waals surface area contributed by atoms with E-state index < -0.39 is 0 Å². The second kappa shape index (κ2) is 9.29. The number of carbonyl (C=O) groups is 1. The minimum atomic E-state index is -0.0895. The molecule has 1 amide bonds. The van der Waals surface area contributed by atoms with Gasteiger partial charge in [-0.25, -0.2) is 4.98 Å². The van der Waals surface area contributed by atoms with E-state index in [9.17, 15) is 4.79 Å². The molecular weight excluding hydrogens is 339 g/mol. The quantitative estimate of drug-likeness (QED) is 0.878. The normalized spacial score (nSPS) is 15.9. The summed E-state index contributed by atoms with van der Waals surface area (Å²) in [6, 6.07) is 7.23. The summed E-state index contributed by atoms with van der Waals surface area (Å²) in [6.45, 7) is 1.77. The number of halogens is 2. The summed E-state index contributed by atoms with van der Waals surface area (Å²) in [7, 11) is 0. The van der Waals surface area contributed by atoms with Gasteiger partial charge in [0.1, 0.15) is 5.75 Å². The largest absolute Gasteiger partial charge is 0.437 e. The van der Waals surface area contributed by atoms with Crippen molar-refractivity contribution in [3.8, 4) is 11.6 Å². The van der Waals surface area contributed by atoms with Crippen LogP contribution < -0.4 is 15.4 Å². The fraction of sp³-hybridized carbons (Fsp3) is 0.267. The molecule has 1 unspecified atom stereocenters. The number of benzene rings is 1. The minimum absolute atomic E-state index is 0. The Morgan fingerprint density at radius 3 is 2.87 bits per heavy atom. The highest BCUT2D eigenvalue weighted by atomic mass is 35.5. The van der Waals surface area contributed by atoms with Gasteiger partial charge in [-0.2, -0.15) is 0 Å². The highest BCUT2D eigenvalue weighted by molar-refractivity contribution is 5.94. The van der Waals surface area contributed by atoms with E-state index in [0.717, 1.165) is 19.5 Å². The van der Waals surface area contributed by atoms with Crippen LogP contribution in [0.5, 0.6) is 11.6 Å². The van der Waals surface area contributed by atoms with Gasteiger partial charge in [0.05, 0.1) is 6.20 Å². The second-order valence-electron chi connectivity index (χ2n) is 4.84. The molecule has 2 aromatic rings. The zero-order chi connectivity index (χ0) is 14.5. The van der Waals surface area contributed by atoms with Gasteiger partial charge >= 0.3 is 0 Å². The molecular formula is C15H18Cl2N4O2. The molecule has 0 aliphatic carbocycles. The van der Waals surface area contributed by atoms with Crippen molar-refractivity contribution in [2.24, 2.45) is 0 Å². The third-order valence-electron chi connectivity index (χ3n) is 3.25. The molecule has 0 bridgehead atoms. The summed E-state index contributed by atoms with van der Waals surface area (Å²) < 4.78 is 5.57. The van der Waals surface area contributed by atoms with Gasteiger partial charge in [0.15, 0.2) is 0 Å². The summed E-state index contributed by atoms with van der Waals surface area (Å²) >= 11 is 0. The molecule has 1 aliphatic rings. The van der Waals surface area contributed by atoms with Gasteiger partial charge in [0.25, 0.3) is 5.91 Å². The number of aromatic nitrogens is 2. The van der Waals surface area contributed by atoms with Crippen LogP contribution in [-0.2, 0) is 0 Å². The Hall–Kier alpha value is -1.89. The van der Waals surface area contributed by atoms with Gasteiger partial charge in [-0.15, -0.1) is 24.8 Å². The van der Waals surface area contributed by atoms with Gasteiger partial charge in [0.2, 0.25) is 5.88 Å². The Bertz CT molecular complexity index is 622. The Kier molecular flexibility index (Phi) is 7.74. The lowest BCUT2D eigenvalue weighted by atomic mass is 10.1. The van der Waals surface area contributed by atoms with Gasteiger partial charge in [0, 0.05) is 30.5 Å². The second-order valence-corrected chi connectivity index (χ2v) is 4.84. The van der Waals surface area contributed by atoms with Crippen molar-refractivity contribution in [2.45, 2.75) is 12.5 Å². The van der Waals surface area contributed by atoms with E-state index in [1.165, 1.54) is 6.20 Å². The molecule has 6 nitrogen and oxygen atoms in total. The lowest BCUT2D eigenvalue weighted by Gasteiger charge is -2.12. The van der Waals surface area contributed by atoms with Crippen molar-refractivity contribution in [2.75, 3.05) is 13.1 Å². The standard InChI is InChI=1S/C15H16N4O2.2ClH/c20-15(19-12-4-5-16-9-12)11-2-1-3-13(8-11)21-14-10-17-6-7-18-14;;/h1-3,6-8,10,12,16H,4-5,9H2,(H,19,20);2*1H. The summed E-state index contributed by atoms with van der Waals surface area (Å²) in [5.74, 6) is 0.871. The van der Waals surface area contributed by atoms with Crippen LogP contribution >= 0.6 is 24.8 Å². The maximum atomic E-state index is 12.2. The number of nitrogens with zero attached hydrogens (tertiary/aromatic N) is 2. The topological polar surface area (TPSA) is 76.1 Å². The summed E-state index contributed by atoms with van der Waals surface area (Å²) in [4.78, 5) is 20.2. The maximum absolute atomic E-state index is 12.2. The molecule has 8 heteroatoms. The van der Waals surface area contributed by atoms with Crippen LogP contribution in [0.1, 0.15) is 16.8 Å². The van der Waals surface area contributed by atoms with Crippen LogP contribution in [0, 0.1) is 0 Å². The van der Waals surface area contributed by atoms with Crippen molar-refractivity contribution < 1.29 is 9.53 Å². The molecule has 1 atom stereocenters. The number of hydrogen-bond acceptors (Lipinski definition) is 5. The molecule has 0 spiro atoms. The Balaban J connectivity index is 0.00000132. The van der Waals surface area contributed by atoms with E-state index in [1.807, 2.05) is 0 Å². The highest BCUT2D eigenvalue weighted by Crippen LogP contribution is 2.19. The van der Waals surface area contributed by atoms with Crippen LogP contribution in [0.4, 0.5) is 0 Å². The van der Waals surface area contributed by atoms with E-state index in [-0.39, 0.29) is 36.8 Å². The lowest BCUT2D eigenvalue weighted by Crippen LogP contribution is -2.36. The zero-order valence-corrected chi connectivity index (χ0v) is 13.9. The molecule has 1 aromatic heterocycles. The first-order valence-corrected chi connectivity index (χ1v) is 6.87. The molecule has 0 saturated carbocycles. The Morgan fingerprint density at radius 2 is 2.17 bits per heavy atom. The van der Waals surface area contributed by atoms with Crippen LogP contribution in [0.25, 0.3) is 0 Å². The number of nitrogens with one attached hydrogen (secondary N) is 2. The van der Waals surface area contributed by atoms with Gasteiger partial charge in [-0.1, -0.05) is 6.07 Å². The predicted molar refractivity (Wildman–Crippen MR) is 91.8 cm³/mol. The average molecular weight is 357 g/mol. The summed E-state index contributed by atoms with van der Waals surface area (Å²) in [5.41, 5.74) is 0.572. The van der Waals surface area contributed by atoms with Crippen LogP contribution in [0.2, 0.25) is 0 Å². The third kappa shape index (κ3) is 5.35. The van der Waals surface area contributed by atoms with Gasteiger partial charge in [-0.05, 0) is 31.2 Å². The molecule has 2 heterocycles. The number of rotatable bonds is 4. The van der Waals surface area contributed by atoms with Crippen molar-refractivity contribution in [3.05, 3.63) is 48.4 Å². The van der Waals surface area contributed by atoms with E-state index in [4.69, 9.17) is 4.74 Å². The fourth-order valence-corrected chi connectivity index (χ4v) is 2.21. The molecule has 0 radical (unpaired) electrons. The molecule has 1 fully saturated rings. The SMILES string of the molecule is Cl.Cl.O=C(NC1CCNC1)c1cccc(Oc2cnccn2)c1. The molecule has 1 aliphatic heterocycles. The lowest BCUT2D eigenvalue weighted by molar-refractivity contribution is 0.0939. The van der Waals surface area contributed by atoms with E-state index >= 15 is 0 Å². The molecule has 1 aromatic carbocycles. The molecule has 1 saturated heterocycles. The number of carbonyl (C=O) groups excluding carboxylic acids is 1. The average Bonchev–Trinajstić information content (AvgIpc) is 3.01. The molecule has 23 heavy (non-hydrogen) atoms. The number of hydrogen-bond donors (Lipinski definition) is 2. The predicted octanol–water partition coefficient (Wildman–Crippen LogP) is 2.20. The molecule has 2 N–H and O–H groups in total. The summed E-state index contributed by atoms with van der Waals surface area (Å²) in [6.07, 6.45) is 5.61. The van der Waals surface area contributed by atoms with Crippen LogP contribution in [0.15, 0.2) is 42.9 Å². The molecule has 124 valence electrons. The first kappa shape index (κ1) is 19.2. The maximum Gasteiger partial charge on any atom is 0.251 e. The highest BCUT2D eigenvalue weighted by Gasteiger charge is 2.17. The number of ether oxygens (including phenoxy) is 1. The zero-order valence-electron chi connectivity index (χ0n) is 12.3. The monoisotopic (exact) mass is 356 g/mol. The van der Waals surface area contributed by atoms with E-state index in [0.29, 0.717) is 17.2 Å². The Labute approximate surface area is 146 Å². The van der Waals surface area contributed by atoms with Crippen LogP contribution in [0.3, 0.4) is 0 Å². The first-order chi connectivity index (χ1) is 10.3. The third-order valence-corrected chi connectivity index (χ3v) is 3.25. The summed E-state index contributed by atoms with van der Waals surface area (Å²) in [5, 5.41) is 6.22. The minimum Gasteiger partial charge on any atom is -0.437 e. The van der Waals surface area contributed by atoms with Crippen LogP contribution in [-0.4, -0.2) is 35.0 Å². The van der Waals surface area contributed by atoms with Crippen molar-refractivity contribution >= 4 is 30.7 Å². The van der Waals surface area contributed by atoms with Gasteiger partial charge in [-0.3, -0.25) is 9.78 Å². The smallest absolute Gasteiger partial charge is 0.251 e. The van der Waals surface area contributed by atoms with Crippen molar-refractivity contribution in [1.29, 1.82) is 0 Å². The van der Waals surface area contributed by atoms with E-state index in [1.54, 1.807) is 36.7 Å². The molecule has 3 rings (SSSR count). The first-order valence-electron chi connectivity index (χ1n) is 6.87. The number of amides is 1. The fourth-order valence-electron chi connectivity index (χ4n) is 2.21. The van der Waals surface area contributed by atoms with Crippen molar-refractivity contribution in [1.82, 2.24) is 20.6 Å². The Morgan fingerprint density at radius 1 is 1.30 bits per heavy atom. The van der Waals surface area contributed by atoms with E-state index in [2.05, 4.69) is 20.6 Å².